The molecule has 0 aliphatic heterocycles. The van der Waals surface area contributed by atoms with Crippen LogP contribution in [0.2, 0.25) is 0 Å². The van der Waals surface area contributed by atoms with Crippen molar-refractivity contribution in [2.24, 2.45) is 0 Å². The molecule has 1 aromatic rings. The van der Waals surface area contributed by atoms with Crippen LogP contribution in [0.25, 0.3) is 0 Å². The predicted molar refractivity (Wildman–Crippen MR) is 56.1 cm³/mol. The largest absolute Gasteiger partial charge is 0.507 e. The Morgan fingerprint density at radius 3 is 2.56 bits per heavy atom. The number of aromatic hydroxyl groups is 1. The molecule has 0 aliphatic carbocycles. The zero-order valence-electron chi connectivity index (χ0n) is 9.38. The Hall–Kier alpha value is -1.79. The molecule has 0 aliphatic rings. The number of hydrogen-bond donors (Lipinski definition) is 2. The summed E-state index contributed by atoms with van der Waals surface area (Å²) >= 11 is 0. The number of halogens is 4. The average Bonchev–Trinajstić information content (AvgIpc) is 2.25. The normalized spacial score (nSPS) is 11.7. The number of benzene rings is 1. The van der Waals surface area contributed by atoms with Gasteiger partial charge in [-0.25, -0.2) is 8.78 Å². The number of phenolic OH excluding ortho intramolecular Hbond substituents is 1. The Bertz CT molecular complexity index is 449. The number of carbonyl (C=O) groups excluding carboxylic acids is 1. The van der Waals surface area contributed by atoms with Crippen LogP contribution in [0.4, 0.5) is 17.6 Å². The average molecular weight is 265 g/mol. The quantitative estimate of drug-likeness (QED) is 0.821. The Morgan fingerprint density at radius 2 is 2.06 bits per heavy atom. The third-order valence-corrected chi connectivity index (χ3v) is 2.20. The number of rotatable bonds is 4. The molecule has 100 valence electrons. The minimum absolute atomic E-state index is 0.245. The molecule has 0 bridgehead atoms. The molecule has 0 saturated heterocycles. The van der Waals surface area contributed by atoms with Crippen molar-refractivity contribution >= 4 is 5.91 Å². The van der Waals surface area contributed by atoms with Crippen LogP contribution in [0.5, 0.6) is 5.75 Å². The van der Waals surface area contributed by atoms with E-state index in [9.17, 15) is 27.5 Å². The van der Waals surface area contributed by atoms with Crippen LogP contribution in [0.1, 0.15) is 15.9 Å². The summed E-state index contributed by atoms with van der Waals surface area (Å²) in [5, 5.41) is 11.1. The van der Waals surface area contributed by atoms with E-state index >= 15 is 0 Å². The van der Waals surface area contributed by atoms with Gasteiger partial charge < -0.3 is 10.4 Å². The van der Waals surface area contributed by atoms with Crippen LogP contribution < -0.4 is 5.32 Å². The zero-order valence-corrected chi connectivity index (χ0v) is 9.38. The van der Waals surface area contributed by atoms with Crippen molar-refractivity contribution in [3.63, 3.8) is 0 Å². The molecule has 3 nitrogen and oxygen atoms in total. The van der Waals surface area contributed by atoms with E-state index in [1.54, 1.807) is 12.2 Å². The van der Waals surface area contributed by atoms with Crippen molar-refractivity contribution in [3.8, 4) is 5.75 Å². The first-order valence-corrected chi connectivity index (χ1v) is 4.98. The highest BCUT2D eigenvalue weighted by Crippen LogP contribution is 2.22. The van der Waals surface area contributed by atoms with Crippen LogP contribution in [0, 0.1) is 6.92 Å². The molecule has 1 rings (SSSR count). The highest BCUT2D eigenvalue weighted by Gasteiger charge is 2.40. The molecular weight excluding hydrogens is 254 g/mol. The van der Waals surface area contributed by atoms with E-state index in [-0.39, 0.29) is 5.56 Å². The molecule has 7 heteroatoms. The summed E-state index contributed by atoms with van der Waals surface area (Å²) in [4.78, 5) is 11.4. The van der Waals surface area contributed by atoms with E-state index in [2.05, 4.69) is 0 Å². The fraction of sp³-hybridized carbons (Fsp3) is 0.364. The second-order valence-corrected chi connectivity index (χ2v) is 3.77. The third-order valence-electron chi connectivity index (χ3n) is 2.20. The molecule has 0 fully saturated rings. The van der Waals surface area contributed by atoms with E-state index in [0.29, 0.717) is 5.56 Å². The van der Waals surface area contributed by atoms with Gasteiger partial charge in [0.1, 0.15) is 5.75 Å². The summed E-state index contributed by atoms with van der Waals surface area (Å²) in [7, 11) is 0. The number of phenols is 1. The number of hydrogen-bond acceptors (Lipinski definition) is 2. The number of nitrogens with one attached hydrogen (secondary N) is 1. The molecule has 0 saturated carbocycles. The van der Waals surface area contributed by atoms with Gasteiger partial charge in [-0.2, -0.15) is 8.78 Å². The van der Waals surface area contributed by atoms with Gasteiger partial charge in [0.05, 0.1) is 12.1 Å². The summed E-state index contributed by atoms with van der Waals surface area (Å²) in [6.07, 6.45) is -3.86. The third kappa shape index (κ3) is 3.35. The molecule has 0 heterocycles. The molecule has 0 aromatic heterocycles. The maximum absolute atomic E-state index is 12.6. The lowest BCUT2D eigenvalue weighted by Crippen LogP contribution is -2.41. The standard InChI is InChI=1S/C11H11F4NO2/c1-6-2-3-7(8(17)4-6)9(18)16-5-11(14,15)10(12)13/h2-4,10,17H,5H2,1H3,(H,16,18). The van der Waals surface area contributed by atoms with Gasteiger partial charge in [0.2, 0.25) is 0 Å². The highest BCUT2D eigenvalue weighted by atomic mass is 19.3. The van der Waals surface area contributed by atoms with Crippen LogP contribution >= 0.6 is 0 Å². The smallest absolute Gasteiger partial charge is 0.324 e. The molecule has 1 aromatic carbocycles. The minimum atomic E-state index is -4.30. The van der Waals surface area contributed by atoms with Gasteiger partial charge >= 0.3 is 12.3 Å². The first-order valence-electron chi connectivity index (χ1n) is 4.98. The SMILES string of the molecule is Cc1ccc(C(=O)NCC(F)(F)C(F)F)c(O)c1. The summed E-state index contributed by atoms with van der Waals surface area (Å²) < 4.78 is 48.8. The molecule has 1 amide bonds. The van der Waals surface area contributed by atoms with Gasteiger partial charge in [0, 0.05) is 0 Å². The summed E-state index contributed by atoms with van der Waals surface area (Å²) in [6.45, 7) is 0.170. The van der Waals surface area contributed by atoms with Crippen molar-refractivity contribution in [1.29, 1.82) is 0 Å². The lowest BCUT2D eigenvalue weighted by molar-refractivity contribution is -0.123. The molecule has 0 radical (unpaired) electrons. The fourth-order valence-corrected chi connectivity index (χ4v) is 1.20. The molecule has 0 spiro atoms. The molecular formula is C11H11F4NO2. The van der Waals surface area contributed by atoms with Crippen LogP contribution in [0.15, 0.2) is 18.2 Å². The maximum Gasteiger partial charge on any atom is 0.324 e. The molecule has 0 unspecified atom stereocenters. The van der Waals surface area contributed by atoms with Gasteiger partial charge in [-0.15, -0.1) is 0 Å². The Labute approximate surface area is 100 Å². The van der Waals surface area contributed by atoms with Crippen molar-refractivity contribution < 1.29 is 27.5 Å². The van der Waals surface area contributed by atoms with Gasteiger partial charge in [0.15, 0.2) is 0 Å². The summed E-state index contributed by atoms with van der Waals surface area (Å²) in [5.74, 6) is -5.73. The van der Waals surface area contributed by atoms with Crippen molar-refractivity contribution in [2.45, 2.75) is 19.3 Å². The lowest BCUT2D eigenvalue weighted by Gasteiger charge is -2.16. The summed E-state index contributed by atoms with van der Waals surface area (Å²) in [5.41, 5.74) is 0.424. The Kier molecular flexibility index (Phi) is 4.15. The molecule has 0 atom stereocenters. The van der Waals surface area contributed by atoms with Crippen LogP contribution in [0.3, 0.4) is 0 Å². The predicted octanol–water partition coefficient (Wildman–Crippen LogP) is 2.33. The zero-order chi connectivity index (χ0) is 13.9. The number of carbonyl (C=O) groups is 1. The second-order valence-electron chi connectivity index (χ2n) is 3.77. The van der Waals surface area contributed by atoms with Gasteiger partial charge in [-0.05, 0) is 24.6 Å². The maximum atomic E-state index is 12.6. The van der Waals surface area contributed by atoms with E-state index in [1.807, 2.05) is 0 Å². The Balaban J connectivity index is 2.72. The molecule has 18 heavy (non-hydrogen) atoms. The van der Waals surface area contributed by atoms with Crippen LogP contribution in [-0.4, -0.2) is 29.9 Å². The van der Waals surface area contributed by atoms with Crippen LogP contribution in [-0.2, 0) is 0 Å². The number of alkyl halides is 4. The number of amides is 1. The van der Waals surface area contributed by atoms with E-state index in [4.69, 9.17) is 0 Å². The first kappa shape index (κ1) is 14.3. The van der Waals surface area contributed by atoms with E-state index < -0.39 is 30.5 Å². The summed E-state index contributed by atoms with van der Waals surface area (Å²) in [6, 6.07) is 3.97. The second kappa shape index (κ2) is 5.24. The molecule has 2 N–H and O–H groups in total. The first-order chi connectivity index (χ1) is 8.24. The fourth-order valence-electron chi connectivity index (χ4n) is 1.20. The monoisotopic (exact) mass is 265 g/mol. The minimum Gasteiger partial charge on any atom is -0.507 e. The van der Waals surface area contributed by atoms with Crippen molar-refractivity contribution in [1.82, 2.24) is 5.32 Å². The van der Waals surface area contributed by atoms with Gasteiger partial charge in [-0.1, -0.05) is 6.07 Å². The number of aryl methyl sites for hydroxylation is 1. The van der Waals surface area contributed by atoms with Gasteiger partial charge in [0.25, 0.3) is 5.91 Å². The van der Waals surface area contributed by atoms with Crippen molar-refractivity contribution in [3.05, 3.63) is 29.3 Å². The van der Waals surface area contributed by atoms with Crippen molar-refractivity contribution in [2.75, 3.05) is 6.54 Å². The Morgan fingerprint density at radius 1 is 1.44 bits per heavy atom. The van der Waals surface area contributed by atoms with Gasteiger partial charge in [-0.3, -0.25) is 4.79 Å². The lowest BCUT2D eigenvalue weighted by atomic mass is 10.1. The highest BCUT2D eigenvalue weighted by molar-refractivity contribution is 5.96. The van der Waals surface area contributed by atoms with E-state index in [1.165, 1.54) is 18.2 Å². The topological polar surface area (TPSA) is 49.3 Å². The van der Waals surface area contributed by atoms with E-state index in [0.717, 1.165) is 0 Å².